The van der Waals surface area contributed by atoms with Gasteiger partial charge in [0.2, 0.25) is 0 Å². The van der Waals surface area contributed by atoms with Gasteiger partial charge in [0.15, 0.2) is 0 Å². The molecule has 1 amide bonds. The summed E-state index contributed by atoms with van der Waals surface area (Å²) in [6, 6.07) is 8.44. The maximum atomic E-state index is 12.1. The molecule has 5 nitrogen and oxygen atoms in total. The van der Waals surface area contributed by atoms with Gasteiger partial charge in [-0.05, 0) is 38.1 Å². The van der Waals surface area contributed by atoms with E-state index in [0.717, 1.165) is 10.9 Å². The summed E-state index contributed by atoms with van der Waals surface area (Å²) in [6.45, 7) is 3.25. The maximum absolute atomic E-state index is 12.1. The molecule has 0 saturated heterocycles. The Morgan fingerprint density at radius 2 is 2.00 bits per heavy atom. The van der Waals surface area contributed by atoms with Crippen LogP contribution < -0.4 is 5.32 Å². The molecule has 0 saturated carbocycles. The van der Waals surface area contributed by atoms with Gasteiger partial charge in [0.1, 0.15) is 0 Å². The average Bonchev–Trinajstić information content (AvgIpc) is 2.45. The highest BCUT2D eigenvalue weighted by molar-refractivity contribution is 5.98. The molecule has 0 aliphatic carbocycles. The lowest BCUT2D eigenvalue weighted by Crippen LogP contribution is -2.40. The van der Waals surface area contributed by atoms with E-state index in [0.29, 0.717) is 5.56 Å². The number of carbonyl (C=O) groups excluding carboxylic acids is 1. The first-order chi connectivity index (χ1) is 9.49. The van der Waals surface area contributed by atoms with Crippen molar-refractivity contribution in [3.8, 4) is 0 Å². The Balaban J connectivity index is 2.17. The van der Waals surface area contributed by atoms with Crippen molar-refractivity contribution in [1.82, 2.24) is 10.3 Å². The van der Waals surface area contributed by atoms with Gasteiger partial charge in [0.25, 0.3) is 5.91 Å². The van der Waals surface area contributed by atoms with Crippen molar-refractivity contribution in [3.63, 3.8) is 0 Å². The zero-order valence-electron chi connectivity index (χ0n) is 11.3. The zero-order valence-corrected chi connectivity index (χ0v) is 11.3. The quantitative estimate of drug-likeness (QED) is 0.893. The van der Waals surface area contributed by atoms with E-state index in [2.05, 4.69) is 10.3 Å². The van der Waals surface area contributed by atoms with E-state index in [-0.39, 0.29) is 5.91 Å². The van der Waals surface area contributed by atoms with Crippen LogP contribution in [0.15, 0.2) is 36.5 Å². The van der Waals surface area contributed by atoms with Crippen molar-refractivity contribution >= 4 is 22.8 Å². The minimum atomic E-state index is -0.930. The fourth-order valence-corrected chi connectivity index (χ4v) is 1.85. The third-order valence-corrected chi connectivity index (χ3v) is 3.36. The van der Waals surface area contributed by atoms with Crippen LogP contribution in [-0.4, -0.2) is 28.0 Å². The summed E-state index contributed by atoms with van der Waals surface area (Å²) in [7, 11) is 0. The van der Waals surface area contributed by atoms with Crippen LogP contribution in [0.5, 0.6) is 0 Å². The summed E-state index contributed by atoms with van der Waals surface area (Å²) in [4.78, 5) is 27.2. The Morgan fingerprint density at radius 1 is 1.25 bits per heavy atom. The van der Waals surface area contributed by atoms with E-state index in [1.54, 1.807) is 44.3 Å². The standard InChI is InChI=1S/C15H16N2O3/c1-9(15(19)20)10(2)17-14(18)12-5-6-13-11(8-12)4-3-7-16-13/h3-10H,1-2H3,(H,17,18)(H,19,20). The number of carbonyl (C=O) groups is 2. The smallest absolute Gasteiger partial charge is 0.308 e. The van der Waals surface area contributed by atoms with Gasteiger partial charge in [-0.15, -0.1) is 0 Å². The van der Waals surface area contributed by atoms with Crippen molar-refractivity contribution < 1.29 is 14.7 Å². The molecule has 0 bridgehead atoms. The van der Waals surface area contributed by atoms with Crippen LogP contribution in [0.2, 0.25) is 0 Å². The van der Waals surface area contributed by atoms with Gasteiger partial charge in [0.05, 0.1) is 11.4 Å². The Morgan fingerprint density at radius 3 is 2.70 bits per heavy atom. The molecule has 104 valence electrons. The molecule has 20 heavy (non-hydrogen) atoms. The number of carboxylic acid groups (broad SMARTS) is 1. The monoisotopic (exact) mass is 272 g/mol. The van der Waals surface area contributed by atoms with Crippen LogP contribution in [-0.2, 0) is 4.79 Å². The molecule has 2 atom stereocenters. The first-order valence-electron chi connectivity index (χ1n) is 6.37. The van der Waals surface area contributed by atoms with Gasteiger partial charge in [-0.1, -0.05) is 6.07 Å². The van der Waals surface area contributed by atoms with Gasteiger partial charge >= 0.3 is 5.97 Å². The highest BCUT2D eigenvalue weighted by Gasteiger charge is 2.21. The Kier molecular flexibility index (Phi) is 3.98. The molecule has 0 aliphatic heterocycles. The first-order valence-corrected chi connectivity index (χ1v) is 6.37. The molecule has 5 heteroatoms. The van der Waals surface area contributed by atoms with Crippen molar-refractivity contribution in [2.75, 3.05) is 0 Å². The molecule has 2 aromatic rings. The average molecular weight is 272 g/mol. The molecular weight excluding hydrogens is 256 g/mol. The highest BCUT2D eigenvalue weighted by Crippen LogP contribution is 2.14. The van der Waals surface area contributed by atoms with Crippen LogP contribution in [0.4, 0.5) is 0 Å². The number of aliphatic carboxylic acids is 1. The summed E-state index contributed by atoms with van der Waals surface area (Å²) in [5.74, 6) is -1.85. The number of rotatable bonds is 4. The van der Waals surface area contributed by atoms with E-state index in [9.17, 15) is 9.59 Å². The van der Waals surface area contributed by atoms with E-state index in [1.807, 2.05) is 6.07 Å². The Bertz CT molecular complexity index is 654. The lowest BCUT2D eigenvalue weighted by atomic mass is 10.0. The number of nitrogens with one attached hydrogen (secondary N) is 1. The Labute approximate surface area is 116 Å². The molecule has 0 aliphatic rings. The Hall–Kier alpha value is -2.43. The van der Waals surface area contributed by atoms with Crippen molar-refractivity contribution in [2.24, 2.45) is 5.92 Å². The molecule has 2 rings (SSSR count). The van der Waals surface area contributed by atoms with Crippen LogP contribution in [0.3, 0.4) is 0 Å². The first kappa shape index (κ1) is 14.0. The molecule has 1 aromatic heterocycles. The van der Waals surface area contributed by atoms with Crippen LogP contribution in [0.25, 0.3) is 10.9 Å². The summed E-state index contributed by atoms with van der Waals surface area (Å²) in [6.07, 6.45) is 1.69. The van der Waals surface area contributed by atoms with Crippen molar-refractivity contribution in [3.05, 3.63) is 42.1 Å². The molecule has 2 N–H and O–H groups in total. The van der Waals surface area contributed by atoms with Gasteiger partial charge in [-0.2, -0.15) is 0 Å². The van der Waals surface area contributed by atoms with Crippen LogP contribution in [0, 0.1) is 5.92 Å². The second-order valence-corrected chi connectivity index (χ2v) is 4.80. The number of pyridine rings is 1. The summed E-state index contributed by atoms with van der Waals surface area (Å²) >= 11 is 0. The number of aromatic nitrogens is 1. The molecule has 1 aromatic carbocycles. The predicted octanol–water partition coefficient (Wildman–Crippen LogP) is 2.07. The lowest BCUT2D eigenvalue weighted by molar-refractivity contribution is -0.141. The van der Waals surface area contributed by atoms with Crippen molar-refractivity contribution in [2.45, 2.75) is 19.9 Å². The highest BCUT2D eigenvalue weighted by atomic mass is 16.4. The molecule has 2 unspecified atom stereocenters. The topological polar surface area (TPSA) is 79.3 Å². The van der Waals surface area contributed by atoms with E-state index in [1.165, 1.54) is 0 Å². The summed E-state index contributed by atoms with van der Waals surface area (Å²) in [5.41, 5.74) is 1.31. The number of fused-ring (bicyclic) bond motifs is 1. The minimum Gasteiger partial charge on any atom is -0.481 e. The van der Waals surface area contributed by atoms with Gasteiger partial charge in [-0.3, -0.25) is 14.6 Å². The third-order valence-electron chi connectivity index (χ3n) is 3.36. The number of hydrogen-bond acceptors (Lipinski definition) is 3. The van der Waals surface area contributed by atoms with Gasteiger partial charge in [0, 0.05) is 23.2 Å². The zero-order chi connectivity index (χ0) is 14.7. The molecule has 0 spiro atoms. The normalized spacial score (nSPS) is 13.7. The fourth-order valence-electron chi connectivity index (χ4n) is 1.85. The summed E-state index contributed by atoms with van der Waals surface area (Å²) in [5, 5.41) is 12.5. The number of nitrogens with zero attached hydrogens (tertiary/aromatic N) is 1. The maximum Gasteiger partial charge on any atom is 0.308 e. The van der Waals surface area contributed by atoms with E-state index in [4.69, 9.17) is 5.11 Å². The van der Waals surface area contributed by atoms with Crippen LogP contribution >= 0.6 is 0 Å². The van der Waals surface area contributed by atoms with E-state index < -0.39 is 17.9 Å². The van der Waals surface area contributed by atoms with Crippen LogP contribution in [0.1, 0.15) is 24.2 Å². The molecular formula is C15H16N2O3. The number of hydrogen-bond donors (Lipinski definition) is 2. The second kappa shape index (κ2) is 5.69. The molecule has 1 heterocycles. The SMILES string of the molecule is CC(NC(=O)c1ccc2ncccc2c1)C(C)C(=O)O. The second-order valence-electron chi connectivity index (χ2n) is 4.80. The predicted molar refractivity (Wildman–Crippen MR) is 75.5 cm³/mol. The number of amides is 1. The summed E-state index contributed by atoms with van der Waals surface area (Å²) < 4.78 is 0. The number of carboxylic acids is 1. The lowest BCUT2D eigenvalue weighted by Gasteiger charge is -2.17. The third kappa shape index (κ3) is 2.93. The van der Waals surface area contributed by atoms with Crippen molar-refractivity contribution in [1.29, 1.82) is 0 Å². The molecule has 0 radical (unpaired) electrons. The fraction of sp³-hybridized carbons (Fsp3) is 0.267. The molecule has 0 fully saturated rings. The van der Waals surface area contributed by atoms with Gasteiger partial charge in [-0.25, -0.2) is 0 Å². The number of benzene rings is 1. The van der Waals surface area contributed by atoms with Gasteiger partial charge < -0.3 is 10.4 Å². The minimum absolute atomic E-state index is 0.281. The largest absolute Gasteiger partial charge is 0.481 e. The van der Waals surface area contributed by atoms with E-state index >= 15 is 0 Å².